The van der Waals surface area contributed by atoms with E-state index in [0.717, 1.165) is 12.0 Å². The van der Waals surface area contributed by atoms with Crippen LogP contribution in [0.15, 0.2) is 18.2 Å². The zero-order valence-electron chi connectivity index (χ0n) is 11.6. The lowest BCUT2D eigenvalue weighted by Gasteiger charge is -2.21. The number of ether oxygens (including phenoxy) is 1. The molecule has 2 N–H and O–H groups in total. The highest BCUT2D eigenvalue weighted by molar-refractivity contribution is 6.00. The van der Waals surface area contributed by atoms with Crippen molar-refractivity contribution in [2.75, 3.05) is 25.9 Å². The fraction of sp³-hybridized carbons (Fsp3) is 0.429. The molecule has 0 saturated carbocycles. The van der Waals surface area contributed by atoms with Crippen molar-refractivity contribution in [3.8, 4) is 0 Å². The van der Waals surface area contributed by atoms with Gasteiger partial charge in [-0.25, -0.2) is 0 Å². The number of carbonyl (C=O) groups excluding carboxylic acids is 2. The van der Waals surface area contributed by atoms with Crippen molar-refractivity contribution in [3.63, 3.8) is 0 Å². The number of amides is 1. The molecule has 0 aliphatic rings. The van der Waals surface area contributed by atoms with Crippen molar-refractivity contribution in [2.24, 2.45) is 0 Å². The molecule has 0 fully saturated rings. The minimum atomic E-state index is -0.437. The van der Waals surface area contributed by atoms with Crippen LogP contribution >= 0.6 is 0 Å². The minimum absolute atomic E-state index is 0.0590. The molecule has 5 nitrogen and oxygen atoms in total. The van der Waals surface area contributed by atoms with E-state index in [2.05, 4.69) is 4.74 Å². The van der Waals surface area contributed by atoms with E-state index >= 15 is 0 Å². The molecule has 0 saturated heterocycles. The molecular formula is C14H20N2O3. The van der Waals surface area contributed by atoms with Gasteiger partial charge in [0.15, 0.2) is 0 Å². The maximum absolute atomic E-state index is 12.4. The predicted molar refractivity (Wildman–Crippen MR) is 73.8 cm³/mol. The van der Waals surface area contributed by atoms with Crippen LogP contribution in [0.2, 0.25) is 0 Å². The number of rotatable bonds is 5. The van der Waals surface area contributed by atoms with E-state index in [-0.39, 0.29) is 12.5 Å². The molecule has 0 unspecified atom stereocenters. The molecule has 1 aromatic carbocycles. The molecule has 1 rings (SSSR count). The summed E-state index contributed by atoms with van der Waals surface area (Å²) in [5.74, 6) is -0.679. The van der Waals surface area contributed by atoms with Gasteiger partial charge in [0.2, 0.25) is 0 Å². The maximum Gasteiger partial charge on any atom is 0.325 e. The van der Waals surface area contributed by atoms with E-state index in [1.54, 1.807) is 12.1 Å². The van der Waals surface area contributed by atoms with Crippen LogP contribution in [0.4, 0.5) is 5.69 Å². The van der Waals surface area contributed by atoms with Gasteiger partial charge in [-0.3, -0.25) is 9.59 Å². The molecule has 0 atom stereocenters. The smallest absolute Gasteiger partial charge is 0.325 e. The zero-order valence-corrected chi connectivity index (χ0v) is 11.6. The number of nitrogens with two attached hydrogens (primary N) is 1. The molecule has 1 amide bonds. The number of methoxy groups -OCH3 is 1. The number of nitrogens with zero attached hydrogens (tertiary/aromatic N) is 1. The van der Waals surface area contributed by atoms with Crippen molar-refractivity contribution in [1.82, 2.24) is 4.90 Å². The van der Waals surface area contributed by atoms with E-state index in [0.29, 0.717) is 17.8 Å². The summed E-state index contributed by atoms with van der Waals surface area (Å²) in [6.45, 7) is 4.21. The molecule has 5 heteroatoms. The Bertz CT molecular complexity index is 472. The molecule has 0 aromatic heterocycles. The van der Waals surface area contributed by atoms with E-state index in [1.807, 2.05) is 19.9 Å². The number of aryl methyl sites for hydroxylation is 1. The summed E-state index contributed by atoms with van der Waals surface area (Å²) in [5, 5.41) is 0. The van der Waals surface area contributed by atoms with Gasteiger partial charge in [-0.1, -0.05) is 19.1 Å². The Labute approximate surface area is 113 Å². The Morgan fingerprint density at radius 1 is 1.37 bits per heavy atom. The first kappa shape index (κ1) is 15.0. The molecule has 0 aliphatic carbocycles. The van der Waals surface area contributed by atoms with Crippen molar-refractivity contribution < 1.29 is 14.3 Å². The number of esters is 1. The normalized spacial score (nSPS) is 10.1. The molecule has 0 radical (unpaired) electrons. The summed E-state index contributed by atoms with van der Waals surface area (Å²) in [7, 11) is 1.30. The van der Waals surface area contributed by atoms with Crippen LogP contribution in [0, 0.1) is 6.92 Å². The minimum Gasteiger partial charge on any atom is -0.468 e. The molecule has 19 heavy (non-hydrogen) atoms. The van der Waals surface area contributed by atoms with Gasteiger partial charge in [0.1, 0.15) is 6.54 Å². The summed E-state index contributed by atoms with van der Waals surface area (Å²) in [6.07, 6.45) is 0.758. The van der Waals surface area contributed by atoms with Crippen molar-refractivity contribution in [2.45, 2.75) is 20.3 Å². The number of para-hydroxylation sites is 1. The van der Waals surface area contributed by atoms with Gasteiger partial charge < -0.3 is 15.4 Å². The summed E-state index contributed by atoms with van der Waals surface area (Å²) in [4.78, 5) is 25.2. The monoisotopic (exact) mass is 264 g/mol. The van der Waals surface area contributed by atoms with Gasteiger partial charge in [-0.2, -0.15) is 0 Å². The van der Waals surface area contributed by atoms with Crippen molar-refractivity contribution in [3.05, 3.63) is 29.3 Å². The first-order valence-corrected chi connectivity index (χ1v) is 6.22. The maximum atomic E-state index is 12.4. The standard InChI is InChI=1S/C14H20N2O3/c1-4-8-16(9-12(17)19-3)14(18)11-7-5-6-10(2)13(11)15/h5-7H,4,8-9,15H2,1-3H3. The fourth-order valence-electron chi connectivity index (χ4n) is 1.78. The number of benzene rings is 1. The Kier molecular flexibility index (Phi) is 5.36. The highest BCUT2D eigenvalue weighted by atomic mass is 16.5. The molecule has 0 bridgehead atoms. The van der Waals surface area contributed by atoms with Crippen LogP contribution in [0.5, 0.6) is 0 Å². The molecule has 1 aromatic rings. The fourth-order valence-corrected chi connectivity index (χ4v) is 1.78. The molecule has 0 aliphatic heterocycles. The Balaban J connectivity index is 2.98. The topological polar surface area (TPSA) is 72.6 Å². The second kappa shape index (κ2) is 6.78. The number of hydrogen-bond donors (Lipinski definition) is 1. The predicted octanol–water partition coefficient (Wildman–Crippen LogP) is 1.60. The summed E-state index contributed by atoms with van der Waals surface area (Å²) < 4.78 is 4.60. The first-order chi connectivity index (χ1) is 9.01. The second-order valence-electron chi connectivity index (χ2n) is 4.34. The van der Waals surface area contributed by atoms with E-state index in [4.69, 9.17) is 5.73 Å². The highest BCUT2D eigenvalue weighted by Gasteiger charge is 2.20. The Morgan fingerprint density at radius 3 is 2.63 bits per heavy atom. The lowest BCUT2D eigenvalue weighted by Crippen LogP contribution is -2.37. The van der Waals surface area contributed by atoms with Crippen LogP contribution in [-0.2, 0) is 9.53 Å². The third kappa shape index (κ3) is 3.71. The van der Waals surface area contributed by atoms with Crippen LogP contribution in [0.25, 0.3) is 0 Å². The lowest BCUT2D eigenvalue weighted by atomic mass is 10.1. The SMILES string of the molecule is CCCN(CC(=O)OC)C(=O)c1cccc(C)c1N. The van der Waals surface area contributed by atoms with Crippen molar-refractivity contribution in [1.29, 1.82) is 0 Å². The summed E-state index contributed by atoms with van der Waals surface area (Å²) in [5.41, 5.74) is 7.65. The Hall–Kier alpha value is -2.04. The van der Waals surface area contributed by atoms with Gasteiger partial charge in [0.05, 0.1) is 12.7 Å². The molecule has 0 spiro atoms. The van der Waals surface area contributed by atoms with Crippen LogP contribution in [0.3, 0.4) is 0 Å². The summed E-state index contributed by atoms with van der Waals surface area (Å²) >= 11 is 0. The van der Waals surface area contributed by atoms with Crippen LogP contribution in [-0.4, -0.2) is 37.0 Å². The number of carbonyl (C=O) groups is 2. The van der Waals surface area contributed by atoms with E-state index in [9.17, 15) is 9.59 Å². The largest absolute Gasteiger partial charge is 0.468 e. The van der Waals surface area contributed by atoms with Crippen LogP contribution in [0.1, 0.15) is 29.3 Å². The van der Waals surface area contributed by atoms with Gasteiger partial charge in [-0.05, 0) is 25.0 Å². The number of anilines is 1. The lowest BCUT2D eigenvalue weighted by molar-refractivity contribution is -0.141. The third-order valence-corrected chi connectivity index (χ3v) is 2.88. The molecular weight excluding hydrogens is 244 g/mol. The van der Waals surface area contributed by atoms with Gasteiger partial charge >= 0.3 is 5.97 Å². The van der Waals surface area contributed by atoms with Crippen LogP contribution < -0.4 is 5.73 Å². The van der Waals surface area contributed by atoms with Gasteiger partial charge in [0.25, 0.3) is 5.91 Å². The van der Waals surface area contributed by atoms with Gasteiger partial charge in [0, 0.05) is 12.2 Å². The van der Waals surface area contributed by atoms with E-state index < -0.39 is 5.97 Å². The molecule has 0 heterocycles. The average Bonchev–Trinajstić information content (AvgIpc) is 2.40. The zero-order chi connectivity index (χ0) is 14.4. The number of hydrogen-bond acceptors (Lipinski definition) is 4. The summed E-state index contributed by atoms with van der Waals surface area (Å²) in [6, 6.07) is 5.29. The second-order valence-corrected chi connectivity index (χ2v) is 4.34. The van der Waals surface area contributed by atoms with E-state index in [1.165, 1.54) is 12.0 Å². The Morgan fingerprint density at radius 2 is 2.05 bits per heavy atom. The van der Waals surface area contributed by atoms with Gasteiger partial charge in [-0.15, -0.1) is 0 Å². The highest BCUT2D eigenvalue weighted by Crippen LogP contribution is 2.18. The number of nitrogen functional groups attached to an aromatic ring is 1. The molecule has 104 valence electrons. The van der Waals surface area contributed by atoms with Crippen molar-refractivity contribution >= 4 is 17.6 Å². The first-order valence-electron chi connectivity index (χ1n) is 6.22. The average molecular weight is 264 g/mol. The third-order valence-electron chi connectivity index (χ3n) is 2.88. The quantitative estimate of drug-likeness (QED) is 0.647.